The van der Waals surface area contributed by atoms with Crippen LogP contribution in [0.5, 0.6) is 0 Å². The van der Waals surface area contributed by atoms with Crippen molar-refractivity contribution in [3.8, 4) is 0 Å². The number of aliphatic hydroxyl groups is 1. The number of nitrogens with zero attached hydrogens (tertiary/aromatic N) is 1. The zero-order valence-electron chi connectivity index (χ0n) is 10.3. The molecule has 0 aliphatic heterocycles. The molecule has 100 valence electrons. The summed E-state index contributed by atoms with van der Waals surface area (Å²) in [5.41, 5.74) is 0.550. The summed E-state index contributed by atoms with van der Waals surface area (Å²) >= 11 is 11.8. The first-order chi connectivity index (χ1) is 8.41. The molecule has 1 rings (SSSR count). The van der Waals surface area contributed by atoms with Gasteiger partial charge in [-0.25, -0.2) is 0 Å². The molecule has 1 aromatic rings. The summed E-state index contributed by atoms with van der Waals surface area (Å²) in [6, 6.07) is 4.90. The van der Waals surface area contributed by atoms with Gasteiger partial charge >= 0.3 is 0 Å². The average Bonchev–Trinajstić information content (AvgIpc) is 2.31. The molecule has 4 nitrogen and oxygen atoms in total. The van der Waals surface area contributed by atoms with Gasteiger partial charge in [0.1, 0.15) is 0 Å². The Morgan fingerprint density at radius 3 is 2.72 bits per heavy atom. The van der Waals surface area contributed by atoms with Crippen molar-refractivity contribution in [3.05, 3.63) is 33.8 Å². The lowest BCUT2D eigenvalue weighted by Gasteiger charge is -2.15. The van der Waals surface area contributed by atoms with Crippen LogP contribution in [0.15, 0.2) is 18.2 Å². The lowest BCUT2D eigenvalue weighted by atomic mass is 10.1. The molecular weight excluding hydrogens is 275 g/mol. The highest BCUT2D eigenvalue weighted by molar-refractivity contribution is 6.33. The molecule has 1 amide bonds. The third-order valence-electron chi connectivity index (χ3n) is 2.43. The second-order valence-corrected chi connectivity index (χ2v) is 4.94. The Hall–Kier alpha value is -0.810. The summed E-state index contributed by atoms with van der Waals surface area (Å²) in [5.74, 6) is -0.0561. The molecule has 0 radical (unpaired) electrons. The maximum atomic E-state index is 11.3. The van der Waals surface area contributed by atoms with Crippen LogP contribution in [0.4, 0.5) is 0 Å². The van der Waals surface area contributed by atoms with E-state index in [9.17, 15) is 9.90 Å². The highest BCUT2D eigenvalue weighted by atomic mass is 35.5. The van der Waals surface area contributed by atoms with Crippen molar-refractivity contribution >= 4 is 29.1 Å². The minimum Gasteiger partial charge on any atom is -0.387 e. The van der Waals surface area contributed by atoms with Gasteiger partial charge in [-0.15, -0.1) is 0 Å². The van der Waals surface area contributed by atoms with E-state index < -0.39 is 6.10 Å². The summed E-state index contributed by atoms with van der Waals surface area (Å²) in [6.45, 7) is 0.405. The van der Waals surface area contributed by atoms with E-state index >= 15 is 0 Å². The van der Waals surface area contributed by atoms with Gasteiger partial charge in [0.2, 0.25) is 5.91 Å². The maximum Gasteiger partial charge on any atom is 0.236 e. The summed E-state index contributed by atoms with van der Waals surface area (Å²) in [6.07, 6.45) is -0.800. The van der Waals surface area contributed by atoms with Gasteiger partial charge in [-0.1, -0.05) is 23.2 Å². The van der Waals surface area contributed by atoms with E-state index in [2.05, 4.69) is 5.32 Å². The van der Waals surface area contributed by atoms with Crippen LogP contribution in [-0.2, 0) is 4.79 Å². The number of hydrogen-bond donors (Lipinski definition) is 2. The fourth-order valence-electron chi connectivity index (χ4n) is 1.35. The molecule has 18 heavy (non-hydrogen) atoms. The van der Waals surface area contributed by atoms with E-state index in [4.69, 9.17) is 23.2 Å². The van der Waals surface area contributed by atoms with Gasteiger partial charge in [-0.05, 0) is 18.2 Å². The van der Waals surface area contributed by atoms with E-state index in [1.165, 1.54) is 4.90 Å². The Morgan fingerprint density at radius 1 is 1.44 bits per heavy atom. The Kier molecular flexibility index (Phi) is 5.88. The highest BCUT2D eigenvalue weighted by Gasteiger charge is 2.12. The number of likely N-dealkylation sites (N-methyl/N-ethyl adjacent to an activating group) is 1. The average molecular weight is 291 g/mol. The second-order valence-electron chi connectivity index (χ2n) is 4.10. The number of amides is 1. The van der Waals surface area contributed by atoms with Crippen LogP contribution in [0.2, 0.25) is 10.0 Å². The molecule has 0 saturated carbocycles. The molecule has 6 heteroatoms. The van der Waals surface area contributed by atoms with Crippen molar-refractivity contribution in [2.75, 3.05) is 27.2 Å². The van der Waals surface area contributed by atoms with Crippen molar-refractivity contribution in [2.45, 2.75) is 6.10 Å². The van der Waals surface area contributed by atoms with Crippen LogP contribution >= 0.6 is 23.2 Å². The number of halogens is 2. The summed E-state index contributed by atoms with van der Waals surface area (Å²) in [5, 5.41) is 13.8. The summed E-state index contributed by atoms with van der Waals surface area (Å²) < 4.78 is 0. The number of carbonyl (C=O) groups excluding carboxylic acids is 1. The van der Waals surface area contributed by atoms with Crippen LogP contribution in [0.3, 0.4) is 0 Å². The summed E-state index contributed by atoms with van der Waals surface area (Å²) in [7, 11) is 3.35. The molecule has 0 aliphatic rings. The molecule has 0 bridgehead atoms. The van der Waals surface area contributed by atoms with Gasteiger partial charge in [0.05, 0.1) is 12.6 Å². The van der Waals surface area contributed by atoms with Crippen LogP contribution in [0.1, 0.15) is 11.7 Å². The van der Waals surface area contributed by atoms with Crippen LogP contribution in [0.25, 0.3) is 0 Å². The van der Waals surface area contributed by atoms with E-state index in [1.54, 1.807) is 32.3 Å². The molecule has 0 saturated heterocycles. The van der Waals surface area contributed by atoms with Crippen molar-refractivity contribution in [1.82, 2.24) is 10.2 Å². The van der Waals surface area contributed by atoms with E-state index in [1.807, 2.05) is 0 Å². The fourth-order valence-corrected chi connectivity index (χ4v) is 1.78. The van der Waals surface area contributed by atoms with Crippen molar-refractivity contribution in [2.24, 2.45) is 0 Å². The number of nitrogens with one attached hydrogen (secondary N) is 1. The first-order valence-electron chi connectivity index (χ1n) is 5.45. The molecular formula is C12H16Cl2N2O2. The molecule has 1 atom stereocenters. The molecule has 0 aliphatic carbocycles. The minimum absolute atomic E-state index is 0.0561. The number of aliphatic hydroxyl groups excluding tert-OH is 1. The standard InChI is InChI=1S/C12H16Cl2N2O2/c1-16(2)12(18)7-15-6-11(17)9-5-8(13)3-4-10(9)14/h3-5,11,15,17H,6-7H2,1-2H3. The minimum atomic E-state index is -0.800. The van der Waals surface area contributed by atoms with Crippen LogP contribution in [0, 0.1) is 0 Å². The van der Waals surface area contributed by atoms with Gasteiger partial charge in [0.15, 0.2) is 0 Å². The van der Waals surface area contributed by atoms with Crippen molar-refractivity contribution in [1.29, 1.82) is 0 Å². The monoisotopic (exact) mass is 290 g/mol. The van der Waals surface area contributed by atoms with Crippen molar-refractivity contribution in [3.63, 3.8) is 0 Å². The number of benzene rings is 1. The molecule has 0 aromatic heterocycles. The Bertz CT molecular complexity index is 425. The number of carbonyl (C=O) groups is 1. The van der Waals surface area contributed by atoms with Gasteiger partial charge in [-0.2, -0.15) is 0 Å². The Labute approximate surface area is 116 Å². The third-order valence-corrected chi connectivity index (χ3v) is 3.01. The largest absolute Gasteiger partial charge is 0.387 e. The normalized spacial score (nSPS) is 12.3. The molecule has 1 aromatic carbocycles. The SMILES string of the molecule is CN(C)C(=O)CNCC(O)c1cc(Cl)ccc1Cl. The van der Waals surface area contributed by atoms with Gasteiger partial charge in [0, 0.05) is 36.2 Å². The molecule has 2 N–H and O–H groups in total. The van der Waals surface area contributed by atoms with Gasteiger partial charge < -0.3 is 15.3 Å². The predicted octanol–water partition coefficient (Wildman–Crippen LogP) is 1.70. The highest BCUT2D eigenvalue weighted by Crippen LogP contribution is 2.25. The number of hydrogen-bond acceptors (Lipinski definition) is 3. The Morgan fingerprint density at radius 2 is 2.11 bits per heavy atom. The molecule has 0 spiro atoms. The summed E-state index contributed by atoms with van der Waals surface area (Å²) in [4.78, 5) is 12.8. The fraction of sp³-hybridized carbons (Fsp3) is 0.417. The van der Waals surface area contributed by atoms with Gasteiger partial charge in [-0.3, -0.25) is 4.79 Å². The maximum absolute atomic E-state index is 11.3. The van der Waals surface area contributed by atoms with E-state index in [-0.39, 0.29) is 19.0 Å². The van der Waals surface area contributed by atoms with E-state index in [0.29, 0.717) is 15.6 Å². The Balaban J connectivity index is 2.53. The molecule has 0 fully saturated rings. The number of rotatable bonds is 5. The lowest BCUT2D eigenvalue weighted by Crippen LogP contribution is -2.34. The lowest BCUT2D eigenvalue weighted by molar-refractivity contribution is -0.127. The first-order valence-corrected chi connectivity index (χ1v) is 6.21. The topological polar surface area (TPSA) is 52.6 Å². The van der Waals surface area contributed by atoms with Gasteiger partial charge in [0.25, 0.3) is 0 Å². The quantitative estimate of drug-likeness (QED) is 0.868. The van der Waals surface area contributed by atoms with Crippen LogP contribution in [-0.4, -0.2) is 43.1 Å². The van der Waals surface area contributed by atoms with Crippen molar-refractivity contribution < 1.29 is 9.90 Å². The predicted molar refractivity (Wildman–Crippen MR) is 73.0 cm³/mol. The molecule has 1 unspecified atom stereocenters. The smallest absolute Gasteiger partial charge is 0.236 e. The first kappa shape index (κ1) is 15.2. The zero-order chi connectivity index (χ0) is 13.7. The second kappa shape index (κ2) is 6.95. The zero-order valence-corrected chi connectivity index (χ0v) is 11.8. The third kappa shape index (κ3) is 4.46. The molecule has 0 heterocycles. The van der Waals surface area contributed by atoms with Crippen LogP contribution < -0.4 is 5.32 Å². The van der Waals surface area contributed by atoms with E-state index in [0.717, 1.165) is 0 Å².